The van der Waals surface area contributed by atoms with Gasteiger partial charge in [-0.3, -0.25) is 10.1 Å². The van der Waals surface area contributed by atoms with Crippen LogP contribution in [0.15, 0.2) is 23.2 Å². The first kappa shape index (κ1) is 16.3. The average molecular weight is 289 g/mol. The zero-order chi connectivity index (χ0) is 15.3. The van der Waals surface area contributed by atoms with Gasteiger partial charge in [0.25, 0.3) is 0 Å². The first-order valence-corrected chi connectivity index (χ1v) is 7.45. The first-order valence-electron chi connectivity index (χ1n) is 6.23. The number of carbonyl (C=O) groups is 1. The van der Waals surface area contributed by atoms with E-state index in [2.05, 4.69) is 31.1 Å². The van der Waals surface area contributed by atoms with Crippen LogP contribution in [0.25, 0.3) is 0 Å². The van der Waals surface area contributed by atoms with E-state index in [1.54, 1.807) is 13.0 Å². The summed E-state index contributed by atoms with van der Waals surface area (Å²) in [6.07, 6.45) is 3.72. The molecule has 0 amide bonds. The molecule has 0 saturated carbocycles. The van der Waals surface area contributed by atoms with Gasteiger partial charge < -0.3 is 0 Å². The summed E-state index contributed by atoms with van der Waals surface area (Å²) in [5.74, 6) is 0.0336. The van der Waals surface area contributed by atoms with Gasteiger partial charge in [0.15, 0.2) is 17.1 Å². The summed E-state index contributed by atoms with van der Waals surface area (Å²) in [6.45, 7) is 7.76. The van der Waals surface area contributed by atoms with Crippen molar-refractivity contribution < 1.29 is 4.79 Å². The summed E-state index contributed by atoms with van der Waals surface area (Å²) in [4.78, 5) is 16.0. The molecule has 1 aromatic rings. The van der Waals surface area contributed by atoms with Crippen LogP contribution in [0.1, 0.15) is 43.6 Å². The van der Waals surface area contributed by atoms with Gasteiger partial charge in [-0.1, -0.05) is 32.5 Å². The molecule has 4 nitrogen and oxygen atoms in total. The Morgan fingerprint density at radius 2 is 2.05 bits per heavy atom. The fraction of sp³-hybridized carbons (Fsp3) is 0.400. The number of benzene rings is 1. The molecule has 1 aromatic carbocycles. The molecule has 0 aliphatic rings. The van der Waals surface area contributed by atoms with Crippen molar-refractivity contribution in [2.75, 3.05) is 6.26 Å². The summed E-state index contributed by atoms with van der Waals surface area (Å²) in [6, 6.07) is 5.47. The third-order valence-electron chi connectivity index (χ3n) is 2.79. The van der Waals surface area contributed by atoms with Gasteiger partial charge in [0.05, 0.1) is 5.69 Å². The molecule has 1 rings (SSSR count). The predicted molar refractivity (Wildman–Crippen MR) is 84.5 cm³/mol. The molecule has 0 saturated heterocycles. The highest BCUT2D eigenvalue weighted by atomic mass is 32.2. The van der Waals surface area contributed by atoms with E-state index < -0.39 is 0 Å². The van der Waals surface area contributed by atoms with E-state index in [-0.39, 0.29) is 11.2 Å². The molecule has 0 aliphatic carbocycles. The lowest BCUT2D eigenvalue weighted by Crippen LogP contribution is -2.15. The van der Waals surface area contributed by atoms with E-state index in [1.807, 2.05) is 24.6 Å². The van der Waals surface area contributed by atoms with Gasteiger partial charge in [-0.25, -0.2) is 4.99 Å². The number of ketones is 1. The van der Waals surface area contributed by atoms with Gasteiger partial charge in [-0.2, -0.15) is 5.26 Å². The monoisotopic (exact) mass is 289 g/mol. The Hall–Kier alpha value is -1.80. The number of nitriles is 1. The number of rotatable bonds is 2. The largest absolute Gasteiger partial charge is 0.295 e. The summed E-state index contributed by atoms with van der Waals surface area (Å²) in [5, 5.41) is 11.8. The average Bonchev–Trinajstić information content (AvgIpc) is 2.37. The standard InChI is InChI=1S/C15H19N3OS/c1-10(19)11-6-7-13(12(8-11)15(2,3)4)18-14(20-5)17-9-16/h6-8H,1-5H3,(H,17,18). The molecule has 0 radical (unpaired) electrons. The maximum absolute atomic E-state index is 11.5. The highest BCUT2D eigenvalue weighted by Crippen LogP contribution is 2.33. The van der Waals surface area contributed by atoms with Gasteiger partial charge in [0.1, 0.15) is 0 Å². The molecular weight excluding hydrogens is 270 g/mol. The number of aliphatic imine (C=N–C) groups is 1. The number of Topliss-reactive ketones (excluding diaryl/α,β-unsaturated/α-hetero) is 1. The highest BCUT2D eigenvalue weighted by molar-refractivity contribution is 8.13. The molecule has 0 heterocycles. The van der Waals surface area contributed by atoms with Gasteiger partial charge in [0.2, 0.25) is 0 Å². The Labute approximate surface area is 124 Å². The van der Waals surface area contributed by atoms with Gasteiger partial charge in [-0.05, 0) is 42.4 Å². The number of hydrogen-bond donors (Lipinski definition) is 1. The summed E-state index contributed by atoms with van der Waals surface area (Å²) < 4.78 is 0. The second kappa shape index (κ2) is 6.58. The summed E-state index contributed by atoms with van der Waals surface area (Å²) >= 11 is 1.37. The van der Waals surface area contributed by atoms with Crippen LogP contribution < -0.4 is 5.32 Å². The minimum atomic E-state index is -0.138. The van der Waals surface area contributed by atoms with Crippen molar-refractivity contribution in [3.8, 4) is 6.19 Å². The highest BCUT2D eigenvalue weighted by Gasteiger charge is 2.19. The van der Waals surface area contributed by atoms with E-state index in [0.717, 1.165) is 11.3 Å². The van der Waals surface area contributed by atoms with Crippen LogP contribution >= 0.6 is 11.8 Å². The number of nitrogens with one attached hydrogen (secondary N) is 1. The van der Waals surface area contributed by atoms with Crippen LogP contribution in [0.3, 0.4) is 0 Å². The van der Waals surface area contributed by atoms with Crippen molar-refractivity contribution in [1.29, 1.82) is 5.26 Å². The summed E-state index contributed by atoms with van der Waals surface area (Å²) in [7, 11) is 0. The fourth-order valence-electron chi connectivity index (χ4n) is 1.74. The van der Waals surface area contributed by atoms with Crippen LogP contribution in [0.2, 0.25) is 0 Å². The SMILES string of the molecule is CSC(=Nc1ccc(C(C)=O)cc1C(C)(C)C)NC#N. The van der Waals surface area contributed by atoms with E-state index >= 15 is 0 Å². The number of nitrogens with zero attached hydrogens (tertiary/aromatic N) is 2. The zero-order valence-corrected chi connectivity index (χ0v) is 13.3. The number of hydrogen-bond acceptors (Lipinski definition) is 4. The van der Waals surface area contributed by atoms with Crippen LogP contribution in [-0.2, 0) is 5.41 Å². The molecule has 106 valence electrons. The number of thioether (sulfide) groups is 1. The molecule has 0 bridgehead atoms. The maximum Gasteiger partial charge on any atom is 0.183 e. The molecular formula is C15H19N3OS. The van der Waals surface area contributed by atoms with Crippen molar-refractivity contribution in [3.63, 3.8) is 0 Å². The second-order valence-corrected chi connectivity index (χ2v) is 6.19. The van der Waals surface area contributed by atoms with Gasteiger partial charge in [0, 0.05) is 5.56 Å². The normalized spacial score (nSPS) is 11.9. The van der Waals surface area contributed by atoms with Crippen molar-refractivity contribution >= 4 is 28.4 Å². The molecule has 20 heavy (non-hydrogen) atoms. The van der Waals surface area contributed by atoms with Crippen LogP contribution in [0, 0.1) is 11.5 Å². The van der Waals surface area contributed by atoms with E-state index in [4.69, 9.17) is 5.26 Å². The molecule has 0 aromatic heterocycles. The first-order chi connectivity index (χ1) is 9.29. The number of carbonyl (C=O) groups excluding carboxylic acids is 1. The Balaban J connectivity index is 3.40. The Morgan fingerprint density at radius 1 is 1.40 bits per heavy atom. The minimum absolute atomic E-state index is 0.0336. The molecule has 0 spiro atoms. The maximum atomic E-state index is 11.5. The predicted octanol–water partition coefficient (Wildman–Crippen LogP) is 3.61. The Bertz CT molecular complexity index is 580. The molecule has 0 aliphatic heterocycles. The van der Waals surface area contributed by atoms with E-state index in [1.165, 1.54) is 11.8 Å². The van der Waals surface area contributed by atoms with Crippen molar-refractivity contribution in [1.82, 2.24) is 5.32 Å². The lowest BCUT2D eigenvalue weighted by atomic mass is 9.84. The third-order valence-corrected chi connectivity index (χ3v) is 3.37. The third kappa shape index (κ3) is 4.10. The van der Waals surface area contributed by atoms with Crippen LogP contribution in [0.5, 0.6) is 0 Å². The summed E-state index contributed by atoms with van der Waals surface area (Å²) in [5.41, 5.74) is 2.29. The van der Waals surface area contributed by atoms with Gasteiger partial charge in [-0.15, -0.1) is 0 Å². The van der Waals surface area contributed by atoms with Crippen LogP contribution in [-0.4, -0.2) is 17.2 Å². The Kier molecular flexibility index (Phi) is 5.34. The topological polar surface area (TPSA) is 65.2 Å². The fourth-order valence-corrected chi connectivity index (χ4v) is 2.07. The number of amidine groups is 1. The van der Waals surface area contributed by atoms with E-state index in [0.29, 0.717) is 10.7 Å². The second-order valence-electron chi connectivity index (χ2n) is 5.40. The van der Waals surface area contributed by atoms with Crippen molar-refractivity contribution in [3.05, 3.63) is 29.3 Å². The van der Waals surface area contributed by atoms with E-state index in [9.17, 15) is 4.79 Å². The lowest BCUT2D eigenvalue weighted by Gasteiger charge is -2.22. The molecule has 5 heteroatoms. The van der Waals surface area contributed by atoms with Crippen molar-refractivity contribution in [2.24, 2.45) is 4.99 Å². The smallest absolute Gasteiger partial charge is 0.183 e. The molecule has 0 fully saturated rings. The molecule has 0 atom stereocenters. The Morgan fingerprint density at radius 3 is 2.50 bits per heavy atom. The quantitative estimate of drug-likeness (QED) is 0.297. The minimum Gasteiger partial charge on any atom is -0.295 e. The zero-order valence-electron chi connectivity index (χ0n) is 12.4. The van der Waals surface area contributed by atoms with Crippen molar-refractivity contribution in [2.45, 2.75) is 33.1 Å². The molecule has 0 unspecified atom stereocenters. The van der Waals surface area contributed by atoms with Gasteiger partial charge >= 0.3 is 0 Å². The van der Waals surface area contributed by atoms with Crippen LogP contribution in [0.4, 0.5) is 5.69 Å². The molecule has 1 N–H and O–H groups in total. The lowest BCUT2D eigenvalue weighted by molar-refractivity contribution is 0.101.